The summed E-state index contributed by atoms with van der Waals surface area (Å²) in [4.78, 5) is 15.0. The average Bonchev–Trinajstić information content (AvgIpc) is 2.64. The number of nitrogens with one attached hydrogen (secondary N) is 1. The highest BCUT2D eigenvalue weighted by atomic mass is 32.2. The van der Waals surface area contributed by atoms with Crippen LogP contribution in [0, 0.1) is 6.92 Å². The summed E-state index contributed by atoms with van der Waals surface area (Å²) in [6, 6.07) is 5.22. The Morgan fingerprint density at radius 3 is 2.58 bits per heavy atom. The van der Waals surface area contributed by atoms with Crippen molar-refractivity contribution in [1.29, 1.82) is 0 Å². The van der Waals surface area contributed by atoms with Crippen LogP contribution in [0.15, 0.2) is 23.1 Å². The molecule has 7 nitrogen and oxygen atoms in total. The van der Waals surface area contributed by atoms with Crippen LogP contribution in [0.1, 0.15) is 29.8 Å². The first kappa shape index (κ1) is 19.3. The van der Waals surface area contributed by atoms with E-state index < -0.39 is 10.0 Å². The molecule has 144 valence electrons. The molecule has 2 saturated heterocycles. The summed E-state index contributed by atoms with van der Waals surface area (Å²) >= 11 is 0. The highest BCUT2D eigenvalue weighted by molar-refractivity contribution is 7.89. The number of morpholine rings is 1. The quantitative estimate of drug-likeness (QED) is 0.839. The Hall–Kier alpha value is -1.48. The van der Waals surface area contributed by atoms with Crippen LogP contribution in [0.25, 0.3) is 0 Å². The fourth-order valence-corrected chi connectivity index (χ4v) is 5.10. The van der Waals surface area contributed by atoms with Crippen molar-refractivity contribution in [2.24, 2.45) is 0 Å². The van der Waals surface area contributed by atoms with E-state index in [-0.39, 0.29) is 22.9 Å². The number of benzene rings is 1. The van der Waals surface area contributed by atoms with Gasteiger partial charge < -0.3 is 15.0 Å². The molecule has 1 N–H and O–H groups in total. The second-order valence-corrected chi connectivity index (χ2v) is 8.89. The standard InChI is InChI=1S/C18H27N3O4S/c1-13-4-5-16(18(22)21-7-6-19-14(2)15(21)3)12-17(13)26(23,24)20-8-10-25-11-9-20/h4-5,12,14-15,19H,6-11H2,1-3H3. The number of carbonyl (C=O) groups excluding carboxylic acids is 1. The van der Waals surface area contributed by atoms with E-state index in [2.05, 4.69) is 5.32 Å². The summed E-state index contributed by atoms with van der Waals surface area (Å²) in [5.41, 5.74) is 1.07. The minimum Gasteiger partial charge on any atom is -0.379 e. The maximum absolute atomic E-state index is 13.0. The molecule has 1 amide bonds. The smallest absolute Gasteiger partial charge is 0.254 e. The maximum Gasteiger partial charge on any atom is 0.254 e. The minimum absolute atomic E-state index is 0.0526. The molecule has 1 aromatic rings. The van der Waals surface area contributed by atoms with E-state index in [0.717, 1.165) is 6.54 Å². The van der Waals surface area contributed by atoms with Crippen LogP contribution in [-0.4, -0.2) is 75.0 Å². The number of sulfonamides is 1. The lowest BCUT2D eigenvalue weighted by atomic mass is 10.0. The Morgan fingerprint density at radius 2 is 1.88 bits per heavy atom. The number of hydrogen-bond donors (Lipinski definition) is 1. The Kier molecular flexibility index (Phi) is 5.67. The fourth-order valence-electron chi connectivity index (χ4n) is 3.45. The molecule has 0 spiro atoms. The van der Waals surface area contributed by atoms with Gasteiger partial charge >= 0.3 is 0 Å². The predicted octanol–water partition coefficient (Wildman–Crippen LogP) is 0.838. The molecule has 2 aliphatic rings. The number of aryl methyl sites for hydroxylation is 1. The molecule has 2 atom stereocenters. The summed E-state index contributed by atoms with van der Waals surface area (Å²) in [7, 11) is -3.63. The molecule has 2 aliphatic heterocycles. The van der Waals surface area contributed by atoms with Crippen LogP contribution in [0.4, 0.5) is 0 Å². The number of rotatable bonds is 3. The van der Waals surface area contributed by atoms with E-state index >= 15 is 0 Å². The van der Waals surface area contributed by atoms with Crippen LogP contribution < -0.4 is 5.32 Å². The minimum atomic E-state index is -3.63. The summed E-state index contributed by atoms with van der Waals surface area (Å²) in [6.07, 6.45) is 0. The predicted molar refractivity (Wildman–Crippen MR) is 98.7 cm³/mol. The average molecular weight is 381 g/mol. The van der Waals surface area contributed by atoms with Crippen molar-refractivity contribution in [3.63, 3.8) is 0 Å². The Morgan fingerprint density at radius 1 is 1.19 bits per heavy atom. The first-order valence-corrected chi connectivity index (χ1v) is 10.5. The van der Waals surface area contributed by atoms with Crippen LogP contribution in [-0.2, 0) is 14.8 Å². The Bertz CT molecular complexity index is 775. The van der Waals surface area contributed by atoms with Crippen LogP contribution in [0.2, 0.25) is 0 Å². The molecule has 0 aromatic heterocycles. The van der Waals surface area contributed by atoms with Gasteiger partial charge in [0, 0.05) is 43.8 Å². The third-order valence-corrected chi connectivity index (χ3v) is 7.36. The van der Waals surface area contributed by atoms with Gasteiger partial charge in [0.2, 0.25) is 10.0 Å². The molecule has 0 bridgehead atoms. The lowest BCUT2D eigenvalue weighted by Gasteiger charge is -2.38. The third kappa shape index (κ3) is 3.64. The zero-order valence-corrected chi connectivity index (χ0v) is 16.4. The topological polar surface area (TPSA) is 79.0 Å². The van der Waals surface area contributed by atoms with Crippen molar-refractivity contribution in [3.8, 4) is 0 Å². The molecule has 3 rings (SSSR count). The van der Waals surface area contributed by atoms with E-state index in [1.807, 2.05) is 18.7 Å². The van der Waals surface area contributed by atoms with Crippen molar-refractivity contribution >= 4 is 15.9 Å². The van der Waals surface area contributed by atoms with Crippen molar-refractivity contribution in [3.05, 3.63) is 29.3 Å². The van der Waals surface area contributed by atoms with Gasteiger partial charge in [-0.1, -0.05) is 6.07 Å². The van der Waals surface area contributed by atoms with Crippen molar-refractivity contribution in [2.45, 2.75) is 37.8 Å². The SMILES string of the molecule is Cc1ccc(C(=O)N2CCNC(C)C2C)cc1S(=O)(=O)N1CCOCC1. The molecule has 0 aliphatic carbocycles. The van der Waals surface area contributed by atoms with Crippen LogP contribution >= 0.6 is 0 Å². The van der Waals surface area contributed by atoms with Gasteiger partial charge in [-0.25, -0.2) is 8.42 Å². The zero-order chi connectivity index (χ0) is 18.9. The Labute approximate surface area is 155 Å². The van der Waals surface area contributed by atoms with Crippen molar-refractivity contribution in [2.75, 3.05) is 39.4 Å². The molecule has 0 saturated carbocycles. The van der Waals surface area contributed by atoms with Gasteiger partial charge in [-0.3, -0.25) is 4.79 Å². The first-order valence-electron chi connectivity index (χ1n) is 9.05. The molecule has 1 aromatic carbocycles. The summed E-state index contributed by atoms with van der Waals surface area (Å²) < 4.78 is 32.7. The third-order valence-electron chi connectivity index (χ3n) is 5.32. The molecular formula is C18H27N3O4S. The molecular weight excluding hydrogens is 354 g/mol. The molecule has 8 heteroatoms. The first-order chi connectivity index (χ1) is 12.3. The second-order valence-electron chi connectivity index (χ2n) is 6.98. The molecule has 2 fully saturated rings. The largest absolute Gasteiger partial charge is 0.379 e. The molecule has 0 radical (unpaired) electrons. The van der Waals surface area contributed by atoms with E-state index in [9.17, 15) is 13.2 Å². The second kappa shape index (κ2) is 7.64. The van der Waals surface area contributed by atoms with E-state index in [0.29, 0.717) is 44.0 Å². The summed E-state index contributed by atoms with van der Waals surface area (Å²) in [5.74, 6) is -0.121. The van der Waals surface area contributed by atoms with E-state index in [1.54, 1.807) is 19.1 Å². The number of carbonyl (C=O) groups is 1. The van der Waals surface area contributed by atoms with Crippen molar-refractivity contribution in [1.82, 2.24) is 14.5 Å². The van der Waals surface area contributed by atoms with Gasteiger partial charge in [0.25, 0.3) is 5.91 Å². The van der Waals surface area contributed by atoms with Gasteiger partial charge in [-0.15, -0.1) is 0 Å². The number of hydrogen-bond acceptors (Lipinski definition) is 5. The van der Waals surface area contributed by atoms with Gasteiger partial charge in [0.15, 0.2) is 0 Å². The van der Waals surface area contributed by atoms with Crippen LogP contribution in [0.3, 0.4) is 0 Å². The molecule has 2 heterocycles. The van der Waals surface area contributed by atoms with Gasteiger partial charge in [0.1, 0.15) is 0 Å². The van der Waals surface area contributed by atoms with Gasteiger partial charge in [0.05, 0.1) is 18.1 Å². The lowest BCUT2D eigenvalue weighted by Crippen LogP contribution is -2.57. The highest BCUT2D eigenvalue weighted by Gasteiger charge is 2.31. The van der Waals surface area contributed by atoms with E-state index in [4.69, 9.17) is 4.74 Å². The fraction of sp³-hybridized carbons (Fsp3) is 0.611. The van der Waals surface area contributed by atoms with Gasteiger partial charge in [-0.2, -0.15) is 4.31 Å². The summed E-state index contributed by atoms with van der Waals surface area (Å²) in [5, 5.41) is 3.35. The van der Waals surface area contributed by atoms with Crippen molar-refractivity contribution < 1.29 is 17.9 Å². The van der Waals surface area contributed by atoms with E-state index in [1.165, 1.54) is 10.4 Å². The maximum atomic E-state index is 13.0. The monoisotopic (exact) mass is 381 g/mol. The zero-order valence-electron chi connectivity index (χ0n) is 15.6. The Balaban J connectivity index is 1.91. The normalized spacial score (nSPS) is 25.3. The number of piperazine rings is 1. The summed E-state index contributed by atoms with van der Waals surface area (Å²) in [6.45, 7) is 8.64. The molecule has 2 unspecified atom stereocenters. The number of amides is 1. The highest BCUT2D eigenvalue weighted by Crippen LogP contribution is 2.24. The number of nitrogens with zero attached hydrogens (tertiary/aromatic N) is 2. The molecule has 26 heavy (non-hydrogen) atoms. The van der Waals surface area contributed by atoms with Crippen LogP contribution in [0.5, 0.6) is 0 Å². The van der Waals surface area contributed by atoms with Gasteiger partial charge in [-0.05, 0) is 38.5 Å². The number of ether oxygens (including phenoxy) is 1. The lowest BCUT2D eigenvalue weighted by molar-refractivity contribution is 0.0602.